The van der Waals surface area contributed by atoms with Crippen LogP contribution in [0.3, 0.4) is 0 Å². The second-order valence-corrected chi connectivity index (χ2v) is 9.08. The Morgan fingerprint density at radius 3 is 2.76 bits per heavy atom. The molecule has 1 saturated heterocycles. The van der Waals surface area contributed by atoms with E-state index in [0.717, 1.165) is 44.7 Å². The second kappa shape index (κ2) is 7.00. The molecule has 1 aromatic heterocycles. The fourth-order valence-electron chi connectivity index (χ4n) is 4.15. The highest BCUT2D eigenvalue weighted by Crippen LogP contribution is 2.36. The summed E-state index contributed by atoms with van der Waals surface area (Å²) >= 11 is 0. The van der Waals surface area contributed by atoms with Crippen molar-refractivity contribution in [3.8, 4) is 0 Å². The summed E-state index contributed by atoms with van der Waals surface area (Å²) in [5.41, 5.74) is 3.51. The first-order chi connectivity index (χ1) is 11.7. The quantitative estimate of drug-likeness (QED) is 0.868. The van der Waals surface area contributed by atoms with Gasteiger partial charge in [0.15, 0.2) is 0 Å². The van der Waals surface area contributed by atoms with Gasteiger partial charge in [-0.05, 0) is 70.3 Å². The average Bonchev–Trinajstić information content (AvgIpc) is 2.96. The molecule has 5 nitrogen and oxygen atoms in total. The predicted octanol–water partition coefficient (Wildman–Crippen LogP) is 4.29. The van der Waals surface area contributed by atoms with Crippen LogP contribution in [0.1, 0.15) is 76.8 Å². The molecule has 1 aliphatic carbocycles. The van der Waals surface area contributed by atoms with Crippen molar-refractivity contribution in [2.75, 3.05) is 13.1 Å². The standard InChI is InChI=1S/C20H33N3O2/c1-13(2)14-8-9-17-16(11-14)18(22-21-17)15-7-6-10-23(12-15)19(24)25-20(3,4)5/h13-15H,6-12H2,1-5H3,(H,21,22). The van der Waals surface area contributed by atoms with Crippen LogP contribution in [0.2, 0.25) is 0 Å². The molecule has 1 aromatic rings. The number of carbonyl (C=O) groups is 1. The van der Waals surface area contributed by atoms with Gasteiger partial charge in [0.1, 0.15) is 5.60 Å². The van der Waals surface area contributed by atoms with Gasteiger partial charge in [0.2, 0.25) is 0 Å². The predicted molar refractivity (Wildman–Crippen MR) is 98.7 cm³/mol. The lowest BCUT2D eigenvalue weighted by molar-refractivity contribution is 0.0197. The zero-order chi connectivity index (χ0) is 18.2. The monoisotopic (exact) mass is 347 g/mol. The molecule has 2 atom stereocenters. The fraction of sp³-hybridized carbons (Fsp3) is 0.800. The number of amides is 1. The lowest BCUT2D eigenvalue weighted by Crippen LogP contribution is -2.42. The zero-order valence-corrected chi connectivity index (χ0v) is 16.4. The number of ether oxygens (including phenoxy) is 1. The van der Waals surface area contributed by atoms with Crippen molar-refractivity contribution in [1.29, 1.82) is 0 Å². The molecular weight excluding hydrogens is 314 g/mol. The molecule has 0 aromatic carbocycles. The van der Waals surface area contributed by atoms with Gasteiger partial charge in [-0.25, -0.2) is 4.79 Å². The minimum Gasteiger partial charge on any atom is -0.444 e. The number of fused-ring (bicyclic) bond motifs is 1. The average molecular weight is 348 g/mol. The van der Waals surface area contributed by atoms with E-state index in [9.17, 15) is 4.79 Å². The Labute approximate surface area is 151 Å². The number of aryl methyl sites for hydroxylation is 1. The lowest BCUT2D eigenvalue weighted by atomic mass is 9.78. The van der Waals surface area contributed by atoms with E-state index in [-0.39, 0.29) is 6.09 Å². The molecule has 0 saturated carbocycles. The van der Waals surface area contributed by atoms with Crippen molar-refractivity contribution in [2.24, 2.45) is 11.8 Å². The fourth-order valence-corrected chi connectivity index (χ4v) is 4.15. The van der Waals surface area contributed by atoms with Gasteiger partial charge in [0, 0.05) is 24.7 Å². The molecule has 25 heavy (non-hydrogen) atoms. The number of hydrogen-bond acceptors (Lipinski definition) is 3. The number of hydrogen-bond donors (Lipinski definition) is 1. The molecule has 0 radical (unpaired) electrons. The van der Waals surface area contributed by atoms with Crippen LogP contribution in [0.4, 0.5) is 4.79 Å². The van der Waals surface area contributed by atoms with E-state index in [1.54, 1.807) is 0 Å². The van der Waals surface area contributed by atoms with Crippen LogP contribution < -0.4 is 0 Å². The normalized spacial score (nSPS) is 24.3. The summed E-state index contributed by atoms with van der Waals surface area (Å²) in [4.78, 5) is 14.3. The number of nitrogens with zero attached hydrogens (tertiary/aromatic N) is 2. The van der Waals surface area contributed by atoms with Gasteiger partial charge in [-0.2, -0.15) is 5.10 Å². The Kier molecular flexibility index (Phi) is 5.12. The van der Waals surface area contributed by atoms with Crippen LogP contribution in [-0.2, 0) is 17.6 Å². The van der Waals surface area contributed by atoms with Crippen molar-refractivity contribution >= 4 is 6.09 Å². The van der Waals surface area contributed by atoms with Crippen molar-refractivity contribution in [3.05, 3.63) is 17.0 Å². The van der Waals surface area contributed by atoms with E-state index in [1.165, 1.54) is 23.4 Å². The number of likely N-dealkylation sites (tertiary alicyclic amines) is 1. The topological polar surface area (TPSA) is 58.2 Å². The molecule has 5 heteroatoms. The van der Waals surface area contributed by atoms with E-state index in [4.69, 9.17) is 4.74 Å². The third-order valence-corrected chi connectivity index (χ3v) is 5.62. The molecule has 1 aliphatic heterocycles. The SMILES string of the molecule is CC(C)C1CCc2[nH]nc(C3CCCN(C(=O)OC(C)(C)C)C3)c2C1. The maximum absolute atomic E-state index is 12.4. The molecule has 2 heterocycles. The van der Waals surface area contributed by atoms with Crippen molar-refractivity contribution < 1.29 is 9.53 Å². The minimum absolute atomic E-state index is 0.193. The first-order valence-electron chi connectivity index (χ1n) is 9.78. The largest absolute Gasteiger partial charge is 0.444 e. The van der Waals surface area contributed by atoms with E-state index >= 15 is 0 Å². The van der Waals surface area contributed by atoms with Crippen LogP contribution in [-0.4, -0.2) is 39.9 Å². The summed E-state index contributed by atoms with van der Waals surface area (Å²) in [5.74, 6) is 1.78. The van der Waals surface area contributed by atoms with Crippen LogP contribution in [0.5, 0.6) is 0 Å². The number of H-pyrrole nitrogens is 1. The summed E-state index contributed by atoms with van der Waals surface area (Å²) in [6.45, 7) is 11.9. The first kappa shape index (κ1) is 18.3. The van der Waals surface area contributed by atoms with Gasteiger partial charge < -0.3 is 9.64 Å². The summed E-state index contributed by atoms with van der Waals surface area (Å²) in [5, 5.41) is 7.96. The van der Waals surface area contributed by atoms with E-state index in [1.807, 2.05) is 25.7 Å². The van der Waals surface area contributed by atoms with Crippen molar-refractivity contribution in [3.63, 3.8) is 0 Å². The van der Waals surface area contributed by atoms with Crippen molar-refractivity contribution in [2.45, 2.75) is 78.2 Å². The van der Waals surface area contributed by atoms with Gasteiger partial charge in [0.25, 0.3) is 0 Å². The third-order valence-electron chi connectivity index (χ3n) is 5.62. The maximum atomic E-state index is 12.4. The molecule has 0 bridgehead atoms. The Balaban J connectivity index is 1.73. The molecule has 1 amide bonds. The van der Waals surface area contributed by atoms with Gasteiger partial charge in [0.05, 0.1) is 5.69 Å². The molecule has 0 spiro atoms. The third kappa shape index (κ3) is 4.18. The van der Waals surface area contributed by atoms with Crippen LogP contribution in [0.25, 0.3) is 0 Å². The Morgan fingerprint density at radius 2 is 2.08 bits per heavy atom. The van der Waals surface area contributed by atoms with E-state index in [0.29, 0.717) is 11.8 Å². The molecule has 3 rings (SSSR count). The second-order valence-electron chi connectivity index (χ2n) is 9.08. The number of carbonyl (C=O) groups excluding carboxylic acids is 1. The molecule has 1 fully saturated rings. The number of aromatic nitrogens is 2. The number of rotatable bonds is 2. The minimum atomic E-state index is -0.444. The highest BCUT2D eigenvalue weighted by Gasteiger charge is 2.33. The molecule has 140 valence electrons. The number of aromatic amines is 1. The van der Waals surface area contributed by atoms with E-state index < -0.39 is 5.60 Å². The Morgan fingerprint density at radius 1 is 1.32 bits per heavy atom. The molecule has 1 N–H and O–H groups in total. The van der Waals surface area contributed by atoms with Gasteiger partial charge in [-0.1, -0.05) is 13.8 Å². The smallest absolute Gasteiger partial charge is 0.410 e. The summed E-state index contributed by atoms with van der Waals surface area (Å²) in [7, 11) is 0. The number of nitrogens with one attached hydrogen (secondary N) is 1. The number of piperidine rings is 1. The Hall–Kier alpha value is -1.52. The molecular formula is C20H33N3O2. The molecule has 2 unspecified atom stereocenters. The maximum Gasteiger partial charge on any atom is 0.410 e. The van der Waals surface area contributed by atoms with E-state index in [2.05, 4.69) is 24.0 Å². The van der Waals surface area contributed by atoms with Gasteiger partial charge in [-0.3, -0.25) is 5.10 Å². The van der Waals surface area contributed by atoms with Crippen LogP contribution in [0, 0.1) is 11.8 Å². The van der Waals surface area contributed by atoms with Crippen LogP contribution >= 0.6 is 0 Å². The van der Waals surface area contributed by atoms with Crippen LogP contribution in [0.15, 0.2) is 0 Å². The Bertz CT molecular complexity index is 615. The summed E-state index contributed by atoms with van der Waals surface area (Å²) in [6.07, 6.45) is 5.40. The highest BCUT2D eigenvalue weighted by atomic mass is 16.6. The van der Waals surface area contributed by atoms with Crippen molar-refractivity contribution in [1.82, 2.24) is 15.1 Å². The van der Waals surface area contributed by atoms with Gasteiger partial charge in [-0.15, -0.1) is 0 Å². The molecule has 2 aliphatic rings. The summed E-state index contributed by atoms with van der Waals surface area (Å²) < 4.78 is 5.56. The van der Waals surface area contributed by atoms with Gasteiger partial charge >= 0.3 is 6.09 Å². The highest BCUT2D eigenvalue weighted by molar-refractivity contribution is 5.68. The zero-order valence-electron chi connectivity index (χ0n) is 16.4. The first-order valence-corrected chi connectivity index (χ1v) is 9.78. The summed E-state index contributed by atoms with van der Waals surface area (Å²) in [6, 6.07) is 0. The lowest BCUT2D eigenvalue weighted by Gasteiger charge is -2.34.